The van der Waals surface area contributed by atoms with Crippen LogP contribution in [0.15, 0.2) is 236 Å². The van der Waals surface area contributed by atoms with Gasteiger partial charge in [0.15, 0.2) is 0 Å². The van der Waals surface area contributed by atoms with E-state index in [9.17, 15) is 0 Å². The van der Waals surface area contributed by atoms with E-state index in [1.165, 1.54) is 61.2 Å². The minimum atomic E-state index is 0.285. The van der Waals surface area contributed by atoms with E-state index in [2.05, 4.69) is 235 Å². The van der Waals surface area contributed by atoms with Crippen LogP contribution in [0.4, 0.5) is 17.1 Å². The average Bonchev–Trinajstić information content (AvgIpc) is 3.30. The van der Waals surface area contributed by atoms with E-state index in [-0.39, 0.29) is 5.92 Å². The molecule has 0 spiro atoms. The molecule has 1 aliphatic rings. The number of rotatable bonds is 11. The number of nitrogens with zero attached hydrogens (tertiary/aromatic N) is 1. The summed E-state index contributed by atoms with van der Waals surface area (Å²) < 4.78 is 0. The Morgan fingerprint density at radius 3 is 1.42 bits per heavy atom. The highest BCUT2D eigenvalue weighted by Gasteiger charge is 2.19. The summed E-state index contributed by atoms with van der Waals surface area (Å²) in [7, 11) is 0. The van der Waals surface area contributed by atoms with Gasteiger partial charge in [0.2, 0.25) is 0 Å². The second-order valence-corrected chi connectivity index (χ2v) is 14.9. The van der Waals surface area contributed by atoms with Crippen LogP contribution >= 0.6 is 0 Å². The number of hydrogen-bond acceptors (Lipinski definition) is 1. The molecule has 1 heteroatoms. The van der Waals surface area contributed by atoms with Crippen molar-refractivity contribution in [2.24, 2.45) is 0 Å². The van der Waals surface area contributed by atoms with Crippen molar-refractivity contribution in [3.63, 3.8) is 0 Å². The molecule has 0 radical (unpaired) electrons. The fourth-order valence-corrected chi connectivity index (χ4v) is 8.19. The molecule has 0 heterocycles. The quantitative estimate of drug-likeness (QED) is 0.128. The van der Waals surface area contributed by atoms with E-state index in [0.717, 1.165) is 36.3 Å². The molecule has 0 N–H and O–H groups in total. The van der Waals surface area contributed by atoms with Gasteiger partial charge in [0.1, 0.15) is 0 Å². The van der Waals surface area contributed by atoms with Crippen LogP contribution in [0.25, 0.3) is 39.0 Å². The second-order valence-electron chi connectivity index (χ2n) is 14.9. The minimum absolute atomic E-state index is 0.285. The van der Waals surface area contributed by atoms with Gasteiger partial charge in [0.05, 0.1) is 0 Å². The zero-order valence-corrected chi connectivity index (χ0v) is 32.1. The Morgan fingerprint density at radius 1 is 0.333 bits per heavy atom. The molecule has 57 heavy (non-hydrogen) atoms. The van der Waals surface area contributed by atoms with Crippen molar-refractivity contribution in [1.82, 2.24) is 0 Å². The molecule has 8 aromatic rings. The highest BCUT2D eigenvalue weighted by molar-refractivity contribution is 5.81. The zero-order chi connectivity index (χ0) is 38.2. The summed E-state index contributed by atoms with van der Waals surface area (Å²) in [6.45, 7) is 0. The van der Waals surface area contributed by atoms with Crippen LogP contribution in [0, 0.1) is 0 Å². The largest absolute Gasteiger partial charge is 0.310 e. The maximum atomic E-state index is 2.41. The first-order valence-corrected chi connectivity index (χ1v) is 20.1. The van der Waals surface area contributed by atoms with E-state index in [1.54, 1.807) is 0 Å². The first-order valence-electron chi connectivity index (χ1n) is 20.1. The number of para-hydroxylation sites is 1. The van der Waals surface area contributed by atoms with Crippen molar-refractivity contribution in [2.75, 3.05) is 4.90 Å². The Morgan fingerprint density at radius 2 is 0.789 bits per heavy atom. The molecule has 274 valence electrons. The van der Waals surface area contributed by atoms with Crippen LogP contribution in [0.1, 0.15) is 41.9 Å². The van der Waals surface area contributed by atoms with Crippen LogP contribution in [-0.2, 0) is 0 Å². The Kier molecular flexibility index (Phi) is 10.5. The van der Waals surface area contributed by atoms with Crippen molar-refractivity contribution < 1.29 is 0 Å². The van der Waals surface area contributed by atoms with Gasteiger partial charge < -0.3 is 4.90 Å². The van der Waals surface area contributed by atoms with E-state index in [4.69, 9.17) is 0 Å². The Labute approximate surface area is 337 Å². The zero-order valence-electron chi connectivity index (χ0n) is 32.1. The van der Waals surface area contributed by atoms with Gasteiger partial charge in [-0.05, 0) is 111 Å². The van der Waals surface area contributed by atoms with Crippen LogP contribution in [-0.4, -0.2) is 0 Å². The van der Waals surface area contributed by atoms with Crippen molar-refractivity contribution in [1.29, 1.82) is 0 Å². The van der Waals surface area contributed by atoms with E-state index < -0.39 is 0 Å². The molecule has 1 unspecified atom stereocenters. The third kappa shape index (κ3) is 8.20. The predicted molar refractivity (Wildman–Crippen MR) is 242 cm³/mol. The Bertz CT molecular complexity index is 2600. The summed E-state index contributed by atoms with van der Waals surface area (Å²) in [5.74, 6) is 0.285. The van der Waals surface area contributed by atoms with Crippen LogP contribution in [0.5, 0.6) is 0 Å². The molecular formula is C56H45N. The first kappa shape index (κ1) is 35.7. The molecular weight excluding hydrogens is 687 g/mol. The molecule has 0 amide bonds. The minimum Gasteiger partial charge on any atom is -0.310 e. The molecule has 0 bridgehead atoms. The predicted octanol–water partition coefficient (Wildman–Crippen LogP) is 15.5. The van der Waals surface area contributed by atoms with E-state index in [0.29, 0.717) is 0 Å². The number of benzene rings is 8. The molecule has 0 saturated heterocycles. The molecule has 8 aromatic carbocycles. The van der Waals surface area contributed by atoms with Crippen LogP contribution < -0.4 is 4.90 Å². The summed E-state index contributed by atoms with van der Waals surface area (Å²) in [4.78, 5) is 2.34. The third-order valence-corrected chi connectivity index (χ3v) is 11.2. The molecule has 1 aliphatic carbocycles. The average molecular weight is 732 g/mol. The summed E-state index contributed by atoms with van der Waals surface area (Å²) in [6, 6.07) is 79.0. The molecule has 0 fully saturated rings. The van der Waals surface area contributed by atoms with Gasteiger partial charge in [-0.1, -0.05) is 200 Å². The standard InChI is InChI=1S/C56H45N/c1-5-15-43(16-6-1)45-29-27-42(28-30-45)39-56(49-19-9-3-10-20-49)52-23-13-21-50(40-52)47-31-33-48(34-32-47)51-22-14-26-55(41-51)57(53-24-11-4-12-25-53)54-37-35-46(36-38-54)44-17-7-2-8-18-44/h1-27,29,31-38,40-41,56H,28,30,39H2. The summed E-state index contributed by atoms with van der Waals surface area (Å²) >= 11 is 0. The van der Waals surface area contributed by atoms with Gasteiger partial charge >= 0.3 is 0 Å². The van der Waals surface area contributed by atoms with Crippen LogP contribution in [0.2, 0.25) is 0 Å². The van der Waals surface area contributed by atoms with E-state index >= 15 is 0 Å². The van der Waals surface area contributed by atoms with Crippen molar-refractivity contribution in [2.45, 2.75) is 25.2 Å². The summed E-state index contributed by atoms with van der Waals surface area (Å²) in [6.07, 6.45) is 7.90. The maximum absolute atomic E-state index is 2.41. The lowest BCUT2D eigenvalue weighted by Gasteiger charge is -2.26. The molecule has 9 rings (SSSR count). The SMILES string of the molecule is C1=C(CC(c2ccccc2)c2cccc(-c3ccc(-c4cccc(N(c5ccccc5)c5ccc(-c6ccccc6)cc5)c4)cc3)c2)CCC(c2ccccc2)=C1. The molecule has 1 atom stereocenters. The maximum Gasteiger partial charge on any atom is 0.0467 e. The molecule has 1 nitrogen and oxygen atoms in total. The van der Waals surface area contributed by atoms with Crippen molar-refractivity contribution >= 4 is 22.6 Å². The summed E-state index contributed by atoms with van der Waals surface area (Å²) in [5, 5.41) is 0. The first-order chi connectivity index (χ1) is 28.2. The van der Waals surface area contributed by atoms with E-state index in [1.807, 2.05) is 0 Å². The van der Waals surface area contributed by atoms with Gasteiger partial charge in [-0.15, -0.1) is 0 Å². The van der Waals surface area contributed by atoms with Crippen molar-refractivity contribution in [3.8, 4) is 33.4 Å². The normalized spacial score (nSPS) is 13.0. The monoisotopic (exact) mass is 731 g/mol. The molecule has 0 aliphatic heterocycles. The smallest absolute Gasteiger partial charge is 0.0467 e. The topological polar surface area (TPSA) is 3.24 Å². The van der Waals surface area contributed by atoms with Gasteiger partial charge in [-0.2, -0.15) is 0 Å². The highest BCUT2D eigenvalue weighted by atomic mass is 15.1. The molecule has 0 saturated carbocycles. The van der Waals surface area contributed by atoms with Gasteiger partial charge in [0, 0.05) is 23.0 Å². The third-order valence-electron chi connectivity index (χ3n) is 11.2. The second kappa shape index (κ2) is 16.8. The van der Waals surface area contributed by atoms with Crippen LogP contribution in [0.3, 0.4) is 0 Å². The van der Waals surface area contributed by atoms with Crippen molar-refractivity contribution in [3.05, 3.63) is 253 Å². The Hall–Kier alpha value is -6.96. The number of hydrogen-bond donors (Lipinski definition) is 0. The highest BCUT2D eigenvalue weighted by Crippen LogP contribution is 2.39. The number of anilines is 3. The Balaban J connectivity index is 0.980. The van der Waals surface area contributed by atoms with Gasteiger partial charge in [-0.25, -0.2) is 0 Å². The number of allylic oxidation sites excluding steroid dienone is 4. The fraction of sp³-hybridized carbons (Fsp3) is 0.0714. The fourth-order valence-electron chi connectivity index (χ4n) is 8.19. The van der Waals surface area contributed by atoms with Gasteiger partial charge in [0.25, 0.3) is 0 Å². The summed E-state index contributed by atoms with van der Waals surface area (Å²) in [5.41, 5.74) is 17.6. The lowest BCUT2D eigenvalue weighted by atomic mass is 9.82. The lowest BCUT2D eigenvalue weighted by Crippen LogP contribution is -2.09. The van der Waals surface area contributed by atoms with Gasteiger partial charge in [-0.3, -0.25) is 0 Å². The lowest BCUT2D eigenvalue weighted by molar-refractivity contribution is 0.755. The molecule has 0 aromatic heterocycles.